The Kier molecular flexibility index (Phi) is 9.01. The van der Waals surface area contributed by atoms with Gasteiger partial charge in [0.05, 0.1) is 17.1 Å². The van der Waals surface area contributed by atoms with Crippen LogP contribution >= 0.6 is 0 Å². The van der Waals surface area contributed by atoms with Crippen LogP contribution in [0, 0.1) is 0 Å². The van der Waals surface area contributed by atoms with Gasteiger partial charge in [0.25, 0.3) is 0 Å². The average molecular weight is 603 g/mol. The quantitative estimate of drug-likeness (QED) is 0.227. The Morgan fingerprint density at radius 3 is 1.24 bits per heavy atom. The molecule has 0 atom stereocenters. The predicted molar refractivity (Wildman–Crippen MR) is 198 cm³/mol. The minimum atomic E-state index is 0.0286. The summed E-state index contributed by atoms with van der Waals surface area (Å²) >= 11 is 0. The van der Waals surface area contributed by atoms with Crippen LogP contribution in [0.3, 0.4) is 0 Å². The summed E-state index contributed by atoms with van der Waals surface area (Å²) in [6.45, 7) is 34.3. The van der Waals surface area contributed by atoms with Crippen molar-refractivity contribution in [3.8, 4) is 16.9 Å². The zero-order valence-corrected chi connectivity index (χ0v) is 30.9. The van der Waals surface area contributed by atoms with Crippen LogP contribution in [0.2, 0.25) is 0 Å². The monoisotopic (exact) mass is 602 g/mol. The Bertz CT molecular complexity index is 1610. The molecule has 0 aliphatic carbocycles. The van der Waals surface area contributed by atoms with E-state index in [0.717, 1.165) is 17.1 Å². The molecule has 2 heteroatoms. The lowest BCUT2D eigenvalue weighted by atomic mass is 9.79. The lowest BCUT2D eigenvalue weighted by Crippen LogP contribution is -2.16. The van der Waals surface area contributed by atoms with Crippen LogP contribution in [-0.4, -0.2) is 9.78 Å². The molecule has 0 N–H and O–H groups in total. The summed E-state index contributed by atoms with van der Waals surface area (Å²) in [7, 11) is 0. The van der Waals surface area contributed by atoms with E-state index in [9.17, 15) is 0 Å². The van der Waals surface area contributed by atoms with Gasteiger partial charge in [-0.2, -0.15) is 5.10 Å². The maximum Gasteiger partial charge on any atom is 0.0862 e. The molecule has 240 valence electrons. The molecule has 2 nitrogen and oxygen atoms in total. The lowest BCUT2D eigenvalue weighted by Gasteiger charge is -2.26. The van der Waals surface area contributed by atoms with E-state index >= 15 is 0 Å². The second-order valence-corrected chi connectivity index (χ2v) is 18.1. The van der Waals surface area contributed by atoms with Gasteiger partial charge in [-0.25, -0.2) is 4.68 Å². The molecule has 0 radical (unpaired) electrons. The van der Waals surface area contributed by atoms with Gasteiger partial charge in [-0.15, -0.1) is 0 Å². The molecule has 0 aliphatic rings. The van der Waals surface area contributed by atoms with Crippen molar-refractivity contribution in [2.45, 2.75) is 131 Å². The predicted octanol–water partition coefficient (Wildman–Crippen LogP) is 12.2. The maximum absolute atomic E-state index is 5.22. The molecule has 0 fully saturated rings. The van der Waals surface area contributed by atoms with Crippen molar-refractivity contribution < 1.29 is 0 Å². The highest BCUT2D eigenvalue weighted by molar-refractivity contribution is 5.73. The molecule has 0 unspecified atom stereocenters. The fourth-order valence-corrected chi connectivity index (χ4v) is 5.42. The largest absolute Gasteiger partial charge is 0.233 e. The van der Waals surface area contributed by atoms with Crippen molar-refractivity contribution in [3.63, 3.8) is 0 Å². The Labute approximate surface area is 275 Å². The van der Waals surface area contributed by atoms with Crippen LogP contribution in [0.4, 0.5) is 0 Å². The molecule has 0 spiro atoms. The topological polar surface area (TPSA) is 17.8 Å². The van der Waals surface area contributed by atoms with Crippen LogP contribution in [0.1, 0.15) is 143 Å². The van der Waals surface area contributed by atoms with Gasteiger partial charge in [-0.3, -0.25) is 0 Å². The number of nitrogens with zero attached hydrogens (tertiary/aromatic N) is 2. The van der Waals surface area contributed by atoms with E-state index in [0.29, 0.717) is 0 Å². The third-order valence-corrected chi connectivity index (χ3v) is 8.80. The summed E-state index contributed by atoms with van der Waals surface area (Å²) in [4.78, 5) is 0. The molecule has 1 aromatic heterocycles. The third kappa shape index (κ3) is 8.26. The minimum Gasteiger partial charge on any atom is -0.233 e. The number of rotatable bonds is 4. The summed E-state index contributed by atoms with van der Waals surface area (Å²) < 4.78 is 2.13. The number of aromatic nitrogens is 2. The van der Waals surface area contributed by atoms with Crippen LogP contribution in [-0.2, 0) is 27.1 Å². The zero-order valence-electron chi connectivity index (χ0n) is 30.9. The smallest absolute Gasteiger partial charge is 0.0862 e. The summed E-state index contributed by atoms with van der Waals surface area (Å²) in [6.07, 6.45) is 4.41. The van der Waals surface area contributed by atoms with E-state index < -0.39 is 0 Å². The van der Waals surface area contributed by atoms with Gasteiger partial charge >= 0.3 is 0 Å². The zero-order chi connectivity index (χ0) is 33.8. The van der Waals surface area contributed by atoms with Crippen LogP contribution in [0.25, 0.3) is 29.1 Å². The molecule has 0 saturated heterocycles. The third-order valence-electron chi connectivity index (χ3n) is 8.80. The van der Waals surface area contributed by atoms with Gasteiger partial charge in [-0.1, -0.05) is 146 Å². The maximum atomic E-state index is 5.22. The van der Waals surface area contributed by atoms with Crippen molar-refractivity contribution >= 4 is 12.2 Å². The number of hydrogen-bond donors (Lipinski definition) is 0. The van der Waals surface area contributed by atoms with E-state index in [1.54, 1.807) is 0 Å². The first-order chi connectivity index (χ1) is 20.4. The van der Waals surface area contributed by atoms with Crippen LogP contribution in [0.15, 0.2) is 66.7 Å². The Balaban J connectivity index is 1.92. The van der Waals surface area contributed by atoms with Crippen LogP contribution in [0.5, 0.6) is 0 Å². The number of benzene rings is 3. The molecule has 45 heavy (non-hydrogen) atoms. The fourth-order valence-electron chi connectivity index (χ4n) is 5.42. The van der Waals surface area contributed by atoms with Gasteiger partial charge in [0.2, 0.25) is 0 Å². The molecule has 4 rings (SSSR count). The molecule has 0 aliphatic heterocycles. The molecule has 3 aromatic carbocycles. The highest BCUT2D eigenvalue weighted by Crippen LogP contribution is 2.36. The summed E-state index contributed by atoms with van der Waals surface area (Å²) in [5.41, 5.74) is 12.5. The van der Waals surface area contributed by atoms with Crippen molar-refractivity contribution in [1.82, 2.24) is 9.78 Å². The van der Waals surface area contributed by atoms with Crippen molar-refractivity contribution in [3.05, 3.63) is 106 Å². The Morgan fingerprint density at radius 1 is 0.444 bits per heavy atom. The van der Waals surface area contributed by atoms with Crippen molar-refractivity contribution in [1.29, 1.82) is 0 Å². The van der Waals surface area contributed by atoms with Gasteiger partial charge in [-0.05, 0) is 96.9 Å². The molecule has 4 aromatic rings. The van der Waals surface area contributed by atoms with Crippen molar-refractivity contribution in [2.24, 2.45) is 0 Å². The van der Waals surface area contributed by atoms with E-state index in [-0.39, 0.29) is 27.1 Å². The first kappa shape index (κ1) is 34.5. The summed E-state index contributed by atoms with van der Waals surface area (Å²) in [5.74, 6) is 0. The van der Waals surface area contributed by atoms with E-state index in [1.807, 2.05) is 0 Å². The molecule has 0 saturated carbocycles. The normalized spacial score (nSPS) is 13.6. The van der Waals surface area contributed by atoms with E-state index in [1.165, 1.54) is 38.9 Å². The Hall–Kier alpha value is -3.39. The summed E-state index contributed by atoms with van der Waals surface area (Å²) in [5, 5.41) is 5.22. The molecule has 1 heterocycles. The highest BCUT2D eigenvalue weighted by atomic mass is 15.3. The summed E-state index contributed by atoms with van der Waals surface area (Å²) in [6, 6.07) is 25.3. The first-order valence-electron chi connectivity index (χ1n) is 16.6. The standard InChI is InChI=1S/C43H58N2/c1-39(2,3)31-17-20-37(21-18-31)45-38(30-24-34(42(10,11)12)27-35(25-30)43(13,14)15)28-36(44-45)19-16-29-22-32(40(4,5)6)26-33(23-29)41(7,8)9/h16-28H,1-15H3. The van der Waals surface area contributed by atoms with E-state index in [4.69, 9.17) is 5.10 Å². The van der Waals surface area contributed by atoms with Gasteiger partial charge in [0.1, 0.15) is 0 Å². The van der Waals surface area contributed by atoms with E-state index in [2.05, 4.69) is 187 Å². The van der Waals surface area contributed by atoms with Gasteiger partial charge < -0.3 is 0 Å². The molecular formula is C43H58N2. The second kappa shape index (κ2) is 11.8. The second-order valence-electron chi connectivity index (χ2n) is 18.1. The SMILES string of the molecule is CC(C)(C)c1ccc(-n2nc(C=Cc3cc(C(C)(C)C)cc(C(C)(C)C)c3)cc2-c2cc(C(C)(C)C)cc(C(C)(C)C)c2)cc1. The van der Waals surface area contributed by atoms with Crippen molar-refractivity contribution in [2.75, 3.05) is 0 Å². The molecule has 0 amide bonds. The molecule has 0 bridgehead atoms. The molecular weight excluding hydrogens is 544 g/mol. The lowest BCUT2D eigenvalue weighted by molar-refractivity contribution is 0.568. The Morgan fingerprint density at radius 2 is 0.844 bits per heavy atom. The minimum absolute atomic E-state index is 0.0286. The number of hydrogen-bond acceptors (Lipinski definition) is 1. The van der Waals surface area contributed by atoms with Gasteiger partial charge in [0.15, 0.2) is 0 Å². The highest BCUT2D eigenvalue weighted by Gasteiger charge is 2.24. The average Bonchev–Trinajstić information content (AvgIpc) is 3.33. The van der Waals surface area contributed by atoms with Crippen LogP contribution < -0.4 is 0 Å². The van der Waals surface area contributed by atoms with Gasteiger partial charge in [0, 0.05) is 5.56 Å². The fraction of sp³-hybridized carbons (Fsp3) is 0.465. The first-order valence-corrected chi connectivity index (χ1v) is 16.6.